The quantitative estimate of drug-likeness (QED) is 0.0776. The lowest BCUT2D eigenvalue weighted by Gasteiger charge is -2.34. The normalized spacial score (nSPS) is 11.3. The van der Waals surface area contributed by atoms with E-state index in [0.29, 0.717) is 77.8 Å². The Bertz CT molecular complexity index is 831. The molecule has 0 atom stereocenters. The van der Waals surface area contributed by atoms with Crippen LogP contribution in [0.1, 0.15) is 51.4 Å². The third kappa shape index (κ3) is 20.7. The van der Waals surface area contributed by atoms with Crippen molar-refractivity contribution in [3.8, 4) is 0 Å². The van der Waals surface area contributed by atoms with Gasteiger partial charge in [0, 0.05) is 65.0 Å². The van der Waals surface area contributed by atoms with E-state index in [9.17, 15) is 19.2 Å². The zero-order chi connectivity index (χ0) is 32.7. The summed E-state index contributed by atoms with van der Waals surface area (Å²) in [5.74, 6) is -0.0481. The molecule has 4 amide bonds. The van der Waals surface area contributed by atoms with Gasteiger partial charge in [0.1, 0.15) is 0 Å². The molecule has 0 saturated carbocycles. The lowest BCUT2D eigenvalue weighted by atomic mass is 10.2. The second-order valence-electron chi connectivity index (χ2n) is 12.0. The molecule has 0 saturated heterocycles. The molecule has 0 aliphatic heterocycles. The first-order chi connectivity index (χ1) is 20.3. The highest BCUT2D eigenvalue weighted by Gasteiger charge is 2.32. The van der Waals surface area contributed by atoms with Crippen LogP contribution >= 0.6 is 0 Å². The molecule has 43 heavy (non-hydrogen) atoms. The number of rotatable bonds is 26. The Morgan fingerprint density at radius 2 is 0.907 bits per heavy atom. The van der Waals surface area contributed by atoms with Gasteiger partial charge in [-0.2, -0.15) is 0 Å². The van der Waals surface area contributed by atoms with E-state index in [0.717, 1.165) is 24.9 Å². The average molecular weight is 635 g/mol. The van der Waals surface area contributed by atoms with Crippen LogP contribution in [0, 0.1) is 0 Å². The molecule has 244 valence electrons. The van der Waals surface area contributed by atoms with E-state index in [1.54, 1.807) is 34.1 Å². The van der Waals surface area contributed by atoms with E-state index in [-0.39, 0.29) is 23.6 Å². The van der Waals surface area contributed by atoms with Crippen LogP contribution in [0.25, 0.3) is 0 Å². The molecule has 0 bridgehead atoms. The Hall–Kier alpha value is -2.77. The summed E-state index contributed by atoms with van der Waals surface area (Å²) >= 11 is 0. The van der Waals surface area contributed by atoms with Crippen molar-refractivity contribution >= 4 is 40.3 Å². The molecule has 11 heteroatoms. The van der Waals surface area contributed by atoms with Gasteiger partial charge in [-0.3, -0.25) is 19.2 Å². The Kier molecular flexibility index (Phi) is 21.3. The largest absolute Gasteiger partial charge is 0.455 e. The number of hydrogen-bond acceptors (Lipinski definition) is 5. The van der Waals surface area contributed by atoms with Gasteiger partial charge in [0.15, 0.2) is 16.6 Å². The first-order valence-corrected chi connectivity index (χ1v) is 21.8. The molecule has 0 rings (SSSR count). The first-order valence-electron chi connectivity index (χ1n) is 15.5. The molecule has 0 spiro atoms. The molecule has 0 aromatic heterocycles. The zero-order valence-corrected chi connectivity index (χ0v) is 29.4. The maximum Gasteiger partial charge on any atom is 0.223 e. The van der Waals surface area contributed by atoms with Crippen molar-refractivity contribution < 1.29 is 23.3 Å². The molecule has 0 fully saturated rings. The number of nitrogens with zero attached hydrogens (tertiary/aromatic N) is 2. The zero-order valence-electron chi connectivity index (χ0n) is 27.4. The summed E-state index contributed by atoms with van der Waals surface area (Å²) in [5.41, 5.74) is 0. The molecule has 2 N–H and O–H groups in total. The maximum atomic E-state index is 12.3. The highest BCUT2D eigenvalue weighted by molar-refractivity contribution is 6.84. The Labute approximate surface area is 263 Å². The maximum absolute atomic E-state index is 12.3. The molecule has 9 nitrogen and oxygen atoms in total. The fourth-order valence-electron chi connectivity index (χ4n) is 4.81. The predicted molar refractivity (Wildman–Crippen MR) is 183 cm³/mol. The van der Waals surface area contributed by atoms with Gasteiger partial charge in [-0.25, -0.2) is 0 Å². The van der Waals surface area contributed by atoms with Gasteiger partial charge in [0.05, 0.1) is 0 Å². The summed E-state index contributed by atoms with van der Waals surface area (Å²) in [7, 11) is -3.81. The molecule has 0 aliphatic carbocycles. The number of amides is 4. The van der Waals surface area contributed by atoms with E-state index in [4.69, 9.17) is 4.12 Å². The average Bonchev–Trinajstić information content (AvgIpc) is 2.92. The second kappa shape index (κ2) is 22.7. The van der Waals surface area contributed by atoms with Crippen molar-refractivity contribution in [2.75, 3.05) is 39.3 Å². The highest BCUT2D eigenvalue weighted by Crippen LogP contribution is 2.23. The fraction of sp³-hybridized carbons (Fsp3) is 0.625. The summed E-state index contributed by atoms with van der Waals surface area (Å²) in [6, 6.07) is 1.90. The summed E-state index contributed by atoms with van der Waals surface area (Å²) < 4.78 is 6.69. The van der Waals surface area contributed by atoms with Crippen LogP contribution in [0.2, 0.25) is 38.3 Å². The minimum Gasteiger partial charge on any atom is -0.455 e. The van der Waals surface area contributed by atoms with Crippen molar-refractivity contribution in [3.05, 3.63) is 50.6 Å². The van der Waals surface area contributed by atoms with Gasteiger partial charge in [-0.05, 0) is 64.0 Å². The highest BCUT2D eigenvalue weighted by atomic mass is 28.4. The number of carbonyl (C=O) groups is 4. The van der Waals surface area contributed by atoms with Gasteiger partial charge in [-0.1, -0.05) is 24.3 Å². The molecular weight excluding hydrogens is 577 g/mol. The first kappa shape index (κ1) is 40.2. The topological polar surface area (TPSA) is 108 Å². The van der Waals surface area contributed by atoms with Crippen molar-refractivity contribution in [3.63, 3.8) is 0 Å². The Balaban J connectivity index is 4.20. The van der Waals surface area contributed by atoms with E-state index in [1.807, 2.05) is 0 Å². The SMILES string of the molecule is C=CCN(CC=C)C(=O)CCCC(=O)NCCC[Si](C)(C)O[Si](C)(C)CCCNC(=O)CCCC(=O)N(CC=C)CC=C. The minimum atomic E-state index is -1.90. The molecule has 0 radical (unpaired) electrons. The monoisotopic (exact) mass is 634 g/mol. The smallest absolute Gasteiger partial charge is 0.223 e. The molecule has 0 aromatic carbocycles. The Morgan fingerprint density at radius 1 is 0.581 bits per heavy atom. The Morgan fingerprint density at radius 3 is 1.21 bits per heavy atom. The molecule has 0 aliphatic rings. The van der Waals surface area contributed by atoms with E-state index in [1.165, 1.54) is 0 Å². The molecular formula is C32H58N4O5Si2. The molecule has 0 unspecified atom stereocenters. The van der Waals surface area contributed by atoms with Crippen LogP contribution in [0.3, 0.4) is 0 Å². The van der Waals surface area contributed by atoms with Crippen LogP contribution < -0.4 is 10.6 Å². The van der Waals surface area contributed by atoms with Gasteiger partial charge in [0.25, 0.3) is 0 Å². The van der Waals surface area contributed by atoms with Crippen LogP contribution in [0.4, 0.5) is 0 Å². The molecule has 0 heterocycles. The lowest BCUT2D eigenvalue weighted by Crippen LogP contribution is -2.45. The van der Waals surface area contributed by atoms with Gasteiger partial charge in [-0.15, -0.1) is 26.3 Å². The second-order valence-corrected chi connectivity index (χ2v) is 20.8. The predicted octanol–water partition coefficient (Wildman–Crippen LogP) is 5.17. The number of nitrogens with one attached hydrogen (secondary N) is 2. The van der Waals surface area contributed by atoms with Crippen LogP contribution in [0.5, 0.6) is 0 Å². The lowest BCUT2D eigenvalue weighted by molar-refractivity contribution is -0.131. The van der Waals surface area contributed by atoms with Crippen LogP contribution in [0.15, 0.2) is 50.6 Å². The third-order valence-corrected chi connectivity index (χ3v) is 14.3. The minimum absolute atomic E-state index is 0.00569. The van der Waals surface area contributed by atoms with Crippen molar-refractivity contribution in [1.82, 2.24) is 20.4 Å². The van der Waals surface area contributed by atoms with Crippen LogP contribution in [-0.2, 0) is 23.3 Å². The summed E-state index contributed by atoms with van der Waals surface area (Å²) in [4.78, 5) is 52.3. The van der Waals surface area contributed by atoms with E-state index >= 15 is 0 Å². The van der Waals surface area contributed by atoms with E-state index < -0.39 is 16.6 Å². The van der Waals surface area contributed by atoms with Crippen molar-refractivity contribution in [1.29, 1.82) is 0 Å². The van der Waals surface area contributed by atoms with Gasteiger partial charge in [0.2, 0.25) is 23.6 Å². The summed E-state index contributed by atoms with van der Waals surface area (Å²) in [5, 5.41) is 5.95. The van der Waals surface area contributed by atoms with Crippen molar-refractivity contribution in [2.24, 2.45) is 0 Å². The summed E-state index contributed by atoms with van der Waals surface area (Å²) in [6.45, 7) is 26.7. The van der Waals surface area contributed by atoms with Gasteiger partial charge >= 0.3 is 0 Å². The number of carbonyl (C=O) groups excluding carboxylic acids is 4. The van der Waals surface area contributed by atoms with Crippen molar-refractivity contribution in [2.45, 2.75) is 89.6 Å². The molecule has 0 aromatic rings. The number of hydrogen-bond donors (Lipinski definition) is 2. The van der Waals surface area contributed by atoms with Crippen LogP contribution in [-0.4, -0.2) is 89.3 Å². The summed E-state index contributed by atoms with van der Waals surface area (Å²) in [6.07, 6.45) is 10.8. The van der Waals surface area contributed by atoms with E-state index in [2.05, 4.69) is 63.1 Å². The third-order valence-electron chi connectivity index (χ3n) is 6.80. The van der Waals surface area contributed by atoms with Gasteiger partial charge < -0.3 is 24.5 Å². The standard InChI is InChI=1S/C32H58N4O5Si2/c1-9-23-35(24-10-2)31(39)19-13-17-29(37)33-21-15-27-42(5,6)41-43(7,8)28-16-22-34-30(38)18-14-20-32(40)36(25-11-3)26-12-4/h9-12H,1-4,13-28H2,5-8H3,(H,33,37)(H,34,38). The fourth-order valence-corrected chi connectivity index (χ4v) is 13.7.